The van der Waals surface area contributed by atoms with Crippen molar-refractivity contribution in [3.63, 3.8) is 0 Å². The number of nitro groups is 1. The predicted octanol–water partition coefficient (Wildman–Crippen LogP) is 3.78. The summed E-state index contributed by atoms with van der Waals surface area (Å²) in [5.74, 6) is 0.876. The van der Waals surface area contributed by atoms with Gasteiger partial charge in [0.25, 0.3) is 5.69 Å². The van der Waals surface area contributed by atoms with E-state index in [0.717, 1.165) is 29.6 Å². The maximum atomic E-state index is 12.7. The normalized spacial score (nSPS) is 13.8. The first-order valence-electron chi connectivity index (χ1n) is 7.92. The molecule has 128 valence electrons. The molecule has 2 aromatic carbocycles. The van der Waals surface area contributed by atoms with Gasteiger partial charge in [-0.25, -0.2) is 0 Å². The molecule has 0 N–H and O–H groups in total. The van der Waals surface area contributed by atoms with Gasteiger partial charge in [-0.1, -0.05) is 30.0 Å². The number of nitrogens with zero attached hydrogens (tertiary/aromatic N) is 3. The molecular weight excluding hydrogens is 338 g/mol. The van der Waals surface area contributed by atoms with Crippen LogP contribution in [0.25, 0.3) is 0 Å². The fraction of sp³-hybridized carbons (Fsp3) is 0.222. The third-order valence-electron chi connectivity index (χ3n) is 3.78. The quantitative estimate of drug-likeness (QED) is 0.463. The Balaban J connectivity index is 1.83. The number of nitro benzene ring substituents is 1. The van der Waals surface area contributed by atoms with Crippen molar-refractivity contribution < 1.29 is 9.72 Å². The summed E-state index contributed by atoms with van der Waals surface area (Å²) in [6, 6.07) is 15.4. The van der Waals surface area contributed by atoms with Crippen LogP contribution in [-0.4, -0.2) is 34.7 Å². The molecule has 2 aromatic rings. The number of ketones is 1. The Labute approximate surface area is 149 Å². The van der Waals surface area contributed by atoms with Crippen LogP contribution in [0.4, 0.5) is 11.4 Å². The van der Waals surface area contributed by atoms with E-state index in [-0.39, 0.29) is 18.0 Å². The summed E-state index contributed by atoms with van der Waals surface area (Å²) in [7, 11) is 0. The molecule has 1 aliphatic heterocycles. The third kappa shape index (κ3) is 4.24. The number of benzene rings is 2. The highest BCUT2D eigenvalue weighted by molar-refractivity contribution is 8.14. The Hall–Kier alpha value is -2.67. The van der Waals surface area contributed by atoms with Gasteiger partial charge in [-0.2, -0.15) is 0 Å². The van der Waals surface area contributed by atoms with Crippen LogP contribution < -0.4 is 4.90 Å². The number of non-ortho nitro benzene ring substituents is 1. The van der Waals surface area contributed by atoms with E-state index in [1.165, 1.54) is 24.3 Å². The molecule has 0 bridgehead atoms. The minimum absolute atomic E-state index is 0.0244. The number of rotatable bonds is 5. The van der Waals surface area contributed by atoms with Crippen molar-refractivity contribution in [2.45, 2.75) is 6.42 Å². The zero-order valence-electron chi connectivity index (χ0n) is 13.5. The smallest absolute Gasteiger partial charge is 0.269 e. The second kappa shape index (κ2) is 7.94. The van der Waals surface area contributed by atoms with Crippen molar-refractivity contribution in [1.82, 2.24) is 0 Å². The molecule has 0 aromatic heterocycles. The van der Waals surface area contributed by atoms with E-state index in [1.54, 1.807) is 11.8 Å². The van der Waals surface area contributed by atoms with E-state index in [1.807, 2.05) is 35.2 Å². The van der Waals surface area contributed by atoms with Crippen LogP contribution in [0.1, 0.15) is 16.8 Å². The van der Waals surface area contributed by atoms with Gasteiger partial charge in [-0.05, 0) is 30.7 Å². The van der Waals surface area contributed by atoms with Crippen molar-refractivity contribution in [1.29, 1.82) is 0 Å². The van der Waals surface area contributed by atoms with Gasteiger partial charge in [0.05, 0.1) is 11.5 Å². The zero-order valence-corrected chi connectivity index (χ0v) is 14.3. The number of thioether (sulfide) groups is 1. The molecule has 0 saturated heterocycles. The fourth-order valence-corrected chi connectivity index (χ4v) is 3.46. The molecule has 25 heavy (non-hydrogen) atoms. The molecule has 0 atom stereocenters. The van der Waals surface area contributed by atoms with Crippen molar-refractivity contribution >= 4 is 34.1 Å². The highest BCUT2D eigenvalue weighted by Gasteiger charge is 2.20. The Morgan fingerprint density at radius 2 is 1.88 bits per heavy atom. The topological polar surface area (TPSA) is 75.8 Å². The van der Waals surface area contributed by atoms with Crippen LogP contribution >= 0.6 is 11.8 Å². The lowest BCUT2D eigenvalue weighted by atomic mass is 10.1. The van der Waals surface area contributed by atoms with Gasteiger partial charge in [0.1, 0.15) is 0 Å². The number of aliphatic imine (C=N–C) groups is 1. The number of amidine groups is 1. The number of para-hydroxylation sites is 1. The van der Waals surface area contributed by atoms with Crippen LogP contribution in [0.5, 0.6) is 0 Å². The van der Waals surface area contributed by atoms with Crippen LogP contribution in [-0.2, 0) is 0 Å². The Kier molecular flexibility index (Phi) is 5.45. The number of hydrogen-bond acceptors (Lipinski definition) is 6. The minimum atomic E-state index is -0.474. The lowest BCUT2D eigenvalue weighted by Crippen LogP contribution is -2.35. The monoisotopic (exact) mass is 355 g/mol. The Bertz CT molecular complexity index is 791. The summed E-state index contributed by atoms with van der Waals surface area (Å²) >= 11 is 1.64. The molecule has 0 unspecified atom stereocenters. The van der Waals surface area contributed by atoms with E-state index in [9.17, 15) is 14.9 Å². The molecule has 0 amide bonds. The van der Waals surface area contributed by atoms with Crippen LogP contribution in [0, 0.1) is 10.1 Å². The standard InChI is InChI=1S/C18H17N3O3S/c22-17(14-7-9-16(10-8-14)21(23)24)13-20(15-5-2-1-3-6-15)18-19-11-4-12-25-18/h1-3,5-10H,4,11-13H2. The minimum Gasteiger partial charge on any atom is -0.313 e. The summed E-state index contributed by atoms with van der Waals surface area (Å²) in [5, 5.41) is 11.6. The molecule has 0 aliphatic carbocycles. The zero-order chi connectivity index (χ0) is 17.6. The molecule has 0 spiro atoms. The lowest BCUT2D eigenvalue weighted by Gasteiger charge is -2.27. The largest absolute Gasteiger partial charge is 0.313 e. The summed E-state index contributed by atoms with van der Waals surface area (Å²) in [4.78, 5) is 29.4. The van der Waals surface area contributed by atoms with E-state index in [0.29, 0.717) is 5.56 Å². The molecular formula is C18H17N3O3S. The lowest BCUT2D eigenvalue weighted by molar-refractivity contribution is -0.384. The molecule has 0 fully saturated rings. The van der Waals surface area contributed by atoms with Crippen molar-refractivity contribution in [2.75, 3.05) is 23.7 Å². The first-order chi connectivity index (χ1) is 12.1. The SMILES string of the molecule is O=C(CN(C1=NCCCS1)c1ccccc1)c1ccc([N+](=O)[O-])cc1. The van der Waals surface area contributed by atoms with Crippen molar-refractivity contribution in [3.05, 3.63) is 70.3 Å². The predicted molar refractivity (Wildman–Crippen MR) is 101 cm³/mol. The van der Waals surface area contributed by atoms with Crippen LogP contribution in [0.3, 0.4) is 0 Å². The van der Waals surface area contributed by atoms with Gasteiger partial charge < -0.3 is 4.90 Å². The maximum Gasteiger partial charge on any atom is 0.269 e. The molecule has 6 nitrogen and oxygen atoms in total. The van der Waals surface area contributed by atoms with Crippen LogP contribution in [0.2, 0.25) is 0 Å². The summed E-state index contributed by atoms with van der Waals surface area (Å²) in [5.41, 5.74) is 1.34. The van der Waals surface area contributed by atoms with E-state index in [2.05, 4.69) is 4.99 Å². The summed E-state index contributed by atoms with van der Waals surface area (Å²) in [6.07, 6.45) is 1.03. The average molecular weight is 355 g/mol. The van der Waals surface area contributed by atoms with E-state index < -0.39 is 4.92 Å². The highest BCUT2D eigenvalue weighted by atomic mass is 32.2. The van der Waals surface area contributed by atoms with Gasteiger partial charge in [-0.3, -0.25) is 19.9 Å². The van der Waals surface area contributed by atoms with Crippen molar-refractivity contribution in [2.24, 2.45) is 4.99 Å². The number of Topliss-reactive ketones (excluding diaryl/α,β-unsaturated/α-hetero) is 1. The summed E-state index contributed by atoms with van der Waals surface area (Å²) in [6.45, 7) is 0.908. The molecule has 1 aliphatic rings. The maximum absolute atomic E-state index is 12.7. The summed E-state index contributed by atoms with van der Waals surface area (Å²) < 4.78 is 0. The first-order valence-corrected chi connectivity index (χ1v) is 8.91. The molecule has 0 saturated carbocycles. The highest BCUT2D eigenvalue weighted by Crippen LogP contribution is 2.23. The molecule has 3 rings (SSSR count). The van der Waals surface area contributed by atoms with E-state index in [4.69, 9.17) is 0 Å². The second-order valence-corrected chi connectivity index (χ2v) is 6.58. The van der Waals surface area contributed by atoms with Gasteiger partial charge >= 0.3 is 0 Å². The number of hydrogen-bond donors (Lipinski definition) is 0. The van der Waals surface area contributed by atoms with Gasteiger partial charge in [0.15, 0.2) is 11.0 Å². The Morgan fingerprint density at radius 3 is 2.48 bits per heavy atom. The number of carbonyl (C=O) groups is 1. The van der Waals surface area contributed by atoms with Gasteiger partial charge in [-0.15, -0.1) is 0 Å². The number of carbonyl (C=O) groups excluding carboxylic acids is 1. The molecule has 7 heteroatoms. The van der Waals surface area contributed by atoms with E-state index >= 15 is 0 Å². The second-order valence-electron chi connectivity index (χ2n) is 5.52. The van der Waals surface area contributed by atoms with Crippen LogP contribution in [0.15, 0.2) is 59.6 Å². The fourth-order valence-electron chi connectivity index (χ4n) is 2.49. The molecule has 1 heterocycles. The third-order valence-corrected chi connectivity index (χ3v) is 4.88. The average Bonchev–Trinajstić information content (AvgIpc) is 2.67. The first kappa shape index (κ1) is 17.2. The van der Waals surface area contributed by atoms with Gasteiger partial charge in [0.2, 0.25) is 0 Å². The number of anilines is 1. The molecule has 0 radical (unpaired) electrons. The van der Waals surface area contributed by atoms with Gasteiger partial charge in [0, 0.05) is 35.7 Å². The van der Waals surface area contributed by atoms with Crippen molar-refractivity contribution in [3.8, 4) is 0 Å². The Morgan fingerprint density at radius 1 is 1.16 bits per heavy atom.